The molecule has 3 aromatic rings. The van der Waals surface area contributed by atoms with Gasteiger partial charge in [0.05, 0.1) is 7.11 Å². The van der Waals surface area contributed by atoms with Crippen molar-refractivity contribution in [1.29, 1.82) is 0 Å². The maximum absolute atomic E-state index is 5.79. The molecule has 0 saturated carbocycles. The molecule has 0 amide bonds. The molecule has 0 spiro atoms. The number of aromatic nitrogens is 1. The molecule has 1 N–H and O–H groups in total. The van der Waals surface area contributed by atoms with Gasteiger partial charge in [-0.1, -0.05) is 24.3 Å². The van der Waals surface area contributed by atoms with Crippen molar-refractivity contribution in [1.82, 2.24) is 9.88 Å². The third kappa shape index (κ3) is 6.43. The average molecular weight is 435 g/mol. The van der Waals surface area contributed by atoms with Crippen molar-refractivity contribution >= 4 is 28.7 Å². The van der Waals surface area contributed by atoms with Crippen LogP contribution in [0.25, 0.3) is 0 Å². The average Bonchev–Trinajstić information content (AvgIpc) is 2.81. The Morgan fingerprint density at radius 2 is 1.71 bits per heavy atom. The van der Waals surface area contributed by atoms with Gasteiger partial charge in [-0.2, -0.15) is 0 Å². The minimum absolute atomic E-state index is 0.657. The van der Waals surface area contributed by atoms with Crippen LogP contribution < -0.4 is 15.0 Å². The highest BCUT2D eigenvalue weighted by molar-refractivity contribution is 7.80. The third-order valence-corrected chi connectivity index (χ3v) is 5.50. The predicted octanol–water partition coefficient (Wildman–Crippen LogP) is 5.34. The van der Waals surface area contributed by atoms with Crippen LogP contribution in [0.1, 0.15) is 25.0 Å². The summed E-state index contributed by atoms with van der Waals surface area (Å²) in [6.07, 6.45) is 3.66. The van der Waals surface area contributed by atoms with E-state index < -0.39 is 0 Å². The largest absolute Gasteiger partial charge is 0.497 e. The number of rotatable bonds is 9. The first-order valence-electron chi connectivity index (χ1n) is 10.6. The van der Waals surface area contributed by atoms with Gasteiger partial charge < -0.3 is 19.9 Å². The highest BCUT2D eigenvalue weighted by Crippen LogP contribution is 2.20. The van der Waals surface area contributed by atoms with Crippen LogP contribution in [0.3, 0.4) is 0 Å². The first-order chi connectivity index (χ1) is 15.1. The molecular weight excluding hydrogens is 404 g/mol. The van der Waals surface area contributed by atoms with Crippen LogP contribution in [0.5, 0.6) is 5.75 Å². The molecule has 1 heterocycles. The molecule has 0 atom stereocenters. The molecule has 31 heavy (non-hydrogen) atoms. The van der Waals surface area contributed by atoms with E-state index in [0.717, 1.165) is 30.1 Å². The van der Waals surface area contributed by atoms with Crippen LogP contribution in [0, 0.1) is 0 Å². The number of methoxy groups -OCH3 is 1. The van der Waals surface area contributed by atoms with Crippen molar-refractivity contribution in [2.75, 3.05) is 30.4 Å². The smallest absolute Gasteiger partial charge is 0.174 e. The van der Waals surface area contributed by atoms with Crippen LogP contribution in [0.2, 0.25) is 0 Å². The summed E-state index contributed by atoms with van der Waals surface area (Å²) in [6, 6.07) is 20.5. The number of thiocarbonyl (C=S) groups is 1. The first-order valence-corrected chi connectivity index (χ1v) is 11.0. The van der Waals surface area contributed by atoms with Gasteiger partial charge >= 0.3 is 0 Å². The Hall–Kier alpha value is -3.12. The fourth-order valence-electron chi connectivity index (χ4n) is 3.44. The molecule has 0 saturated heterocycles. The number of ether oxygens (including phenoxy) is 1. The standard InChI is InChI=1S/C25H30N4OS/c1-4-28(5-2)23-13-11-20(12-14-23)18-29(19-21-8-7-15-26-17-21)25(31)27-22-9-6-10-24(16-22)30-3/h6-17H,4-5,18-19H2,1-3H3,(H,27,31). The number of pyridine rings is 1. The lowest BCUT2D eigenvalue weighted by Crippen LogP contribution is -2.33. The van der Waals surface area contributed by atoms with Gasteiger partial charge in [0, 0.05) is 56.0 Å². The van der Waals surface area contributed by atoms with Crippen molar-refractivity contribution in [3.05, 3.63) is 84.2 Å². The molecule has 0 aliphatic carbocycles. The van der Waals surface area contributed by atoms with E-state index in [0.29, 0.717) is 18.2 Å². The van der Waals surface area contributed by atoms with Crippen molar-refractivity contribution < 1.29 is 4.74 Å². The van der Waals surface area contributed by atoms with Gasteiger partial charge in [0.15, 0.2) is 5.11 Å². The van der Waals surface area contributed by atoms with E-state index in [1.807, 2.05) is 36.5 Å². The van der Waals surface area contributed by atoms with Crippen LogP contribution >= 0.6 is 12.2 Å². The van der Waals surface area contributed by atoms with E-state index in [-0.39, 0.29) is 0 Å². The van der Waals surface area contributed by atoms with Crippen LogP contribution in [0.4, 0.5) is 11.4 Å². The quantitative estimate of drug-likeness (QED) is 0.459. The summed E-state index contributed by atoms with van der Waals surface area (Å²) in [6.45, 7) is 7.71. The summed E-state index contributed by atoms with van der Waals surface area (Å²) in [7, 11) is 1.66. The van der Waals surface area contributed by atoms with Crippen LogP contribution in [-0.2, 0) is 13.1 Å². The molecular formula is C25H30N4OS. The molecule has 162 valence electrons. The van der Waals surface area contributed by atoms with Gasteiger partial charge in [-0.3, -0.25) is 4.98 Å². The van der Waals surface area contributed by atoms with Crippen LogP contribution in [-0.4, -0.2) is 35.2 Å². The fourth-order valence-corrected chi connectivity index (χ4v) is 3.68. The van der Waals surface area contributed by atoms with Crippen LogP contribution in [0.15, 0.2) is 73.1 Å². The van der Waals surface area contributed by atoms with Crippen molar-refractivity contribution in [2.24, 2.45) is 0 Å². The van der Waals surface area contributed by atoms with Crippen molar-refractivity contribution in [3.8, 4) is 5.75 Å². The monoisotopic (exact) mass is 434 g/mol. The Kier molecular flexibility index (Phi) is 8.24. The Bertz CT molecular complexity index is 959. The Balaban J connectivity index is 1.78. The minimum atomic E-state index is 0.657. The molecule has 0 aliphatic heterocycles. The summed E-state index contributed by atoms with van der Waals surface area (Å²) in [5.41, 5.74) is 4.45. The van der Waals surface area contributed by atoms with E-state index in [1.165, 1.54) is 11.3 Å². The van der Waals surface area contributed by atoms with E-state index in [2.05, 4.69) is 64.3 Å². The number of hydrogen-bond acceptors (Lipinski definition) is 4. The maximum Gasteiger partial charge on any atom is 0.174 e. The number of hydrogen-bond donors (Lipinski definition) is 1. The molecule has 0 bridgehead atoms. The lowest BCUT2D eigenvalue weighted by molar-refractivity contribution is 0.411. The second-order valence-corrected chi connectivity index (χ2v) is 7.60. The Labute approximate surface area is 190 Å². The maximum atomic E-state index is 5.79. The SMILES string of the molecule is CCN(CC)c1ccc(CN(Cc2cccnc2)C(=S)Nc2cccc(OC)c2)cc1. The van der Waals surface area contributed by atoms with E-state index in [9.17, 15) is 0 Å². The summed E-state index contributed by atoms with van der Waals surface area (Å²) < 4.78 is 5.33. The summed E-state index contributed by atoms with van der Waals surface area (Å²) in [4.78, 5) is 8.74. The first kappa shape index (κ1) is 22.6. The molecule has 2 aromatic carbocycles. The predicted molar refractivity (Wildman–Crippen MR) is 133 cm³/mol. The van der Waals surface area contributed by atoms with Crippen molar-refractivity contribution in [3.63, 3.8) is 0 Å². The summed E-state index contributed by atoms with van der Waals surface area (Å²) in [5, 5.41) is 4.01. The van der Waals surface area contributed by atoms with E-state index in [1.54, 1.807) is 13.3 Å². The lowest BCUT2D eigenvalue weighted by atomic mass is 10.1. The molecule has 3 rings (SSSR count). The zero-order valence-electron chi connectivity index (χ0n) is 18.4. The fraction of sp³-hybridized carbons (Fsp3) is 0.280. The van der Waals surface area contributed by atoms with Gasteiger partial charge in [-0.15, -0.1) is 0 Å². The number of nitrogens with zero attached hydrogens (tertiary/aromatic N) is 3. The lowest BCUT2D eigenvalue weighted by Gasteiger charge is -2.27. The van der Waals surface area contributed by atoms with Gasteiger partial charge in [0.2, 0.25) is 0 Å². The topological polar surface area (TPSA) is 40.6 Å². The molecule has 0 unspecified atom stereocenters. The second kappa shape index (κ2) is 11.3. The zero-order chi connectivity index (χ0) is 22.1. The molecule has 0 aliphatic rings. The molecule has 0 fully saturated rings. The zero-order valence-corrected chi connectivity index (χ0v) is 19.2. The third-order valence-electron chi connectivity index (χ3n) is 5.14. The molecule has 6 heteroatoms. The number of benzene rings is 2. The molecule has 5 nitrogen and oxygen atoms in total. The summed E-state index contributed by atoms with van der Waals surface area (Å²) in [5.74, 6) is 0.790. The van der Waals surface area contributed by atoms with Gasteiger partial charge in [-0.25, -0.2) is 0 Å². The van der Waals surface area contributed by atoms with Gasteiger partial charge in [0.1, 0.15) is 5.75 Å². The Morgan fingerprint density at radius 3 is 2.35 bits per heavy atom. The highest BCUT2D eigenvalue weighted by Gasteiger charge is 2.13. The highest BCUT2D eigenvalue weighted by atomic mass is 32.1. The summed E-state index contributed by atoms with van der Waals surface area (Å²) >= 11 is 5.79. The minimum Gasteiger partial charge on any atom is -0.497 e. The van der Waals surface area contributed by atoms with E-state index in [4.69, 9.17) is 17.0 Å². The normalized spacial score (nSPS) is 10.4. The number of nitrogens with one attached hydrogen (secondary N) is 1. The molecule has 1 aromatic heterocycles. The second-order valence-electron chi connectivity index (χ2n) is 7.22. The van der Waals surface area contributed by atoms with Gasteiger partial charge in [-0.05, 0) is 67.5 Å². The van der Waals surface area contributed by atoms with Gasteiger partial charge in [0.25, 0.3) is 0 Å². The Morgan fingerprint density at radius 1 is 0.968 bits per heavy atom. The van der Waals surface area contributed by atoms with E-state index >= 15 is 0 Å². The number of anilines is 2. The molecule has 0 radical (unpaired) electrons. The van der Waals surface area contributed by atoms with Crippen molar-refractivity contribution in [2.45, 2.75) is 26.9 Å².